The van der Waals surface area contributed by atoms with E-state index in [1.807, 2.05) is 54.6 Å². The Balaban J connectivity index is 1.81. The quantitative estimate of drug-likeness (QED) is 0.713. The molecule has 0 fully saturated rings. The Morgan fingerprint density at radius 2 is 1.80 bits per heavy atom. The minimum atomic E-state index is 0.774. The summed E-state index contributed by atoms with van der Waals surface area (Å²) in [5.74, 6) is 0. The predicted octanol–water partition coefficient (Wildman–Crippen LogP) is 4.56. The van der Waals surface area contributed by atoms with Crippen LogP contribution < -0.4 is 5.73 Å². The third kappa shape index (κ3) is 2.95. The Morgan fingerprint density at radius 3 is 2.60 bits per heavy atom. The molecule has 2 aromatic carbocycles. The fraction of sp³-hybridized carbons (Fsp3) is 0. The summed E-state index contributed by atoms with van der Waals surface area (Å²) in [6.45, 7) is 0. The van der Waals surface area contributed by atoms with Crippen LogP contribution in [-0.4, -0.2) is 4.98 Å². The standard InChI is InChI=1S/C17H14N2S/c18-15-8-4-5-13(11-15)9-10-17-19-16(12-20-17)14-6-2-1-3-7-14/h1-12H,18H2. The van der Waals surface area contributed by atoms with Crippen LogP contribution in [0.25, 0.3) is 23.4 Å². The molecule has 0 spiro atoms. The van der Waals surface area contributed by atoms with Crippen LogP contribution in [0.3, 0.4) is 0 Å². The van der Waals surface area contributed by atoms with Crippen LogP contribution in [-0.2, 0) is 0 Å². The zero-order chi connectivity index (χ0) is 13.8. The highest BCUT2D eigenvalue weighted by atomic mass is 32.1. The molecule has 0 aliphatic rings. The normalized spacial score (nSPS) is 11.0. The van der Waals surface area contributed by atoms with Crippen LogP contribution in [0.15, 0.2) is 60.0 Å². The molecule has 0 aliphatic heterocycles. The van der Waals surface area contributed by atoms with Crippen LogP contribution >= 0.6 is 11.3 Å². The summed E-state index contributed by atoms with van der Waals surface area (Å²) < 4.78 is 0. The second-order valence-corrected chi connectivity index (χ2v) is 5.33. The molecule has 1 heterocycles. The average Bonchev–Trinajstić information content (AvgIpc) is 2.95. The molecule has 0 atom stereocenters. The number of nitrogen functional groups attached to an aromatic ring is 1. The monoisotopic (exact) mass is 278 g/mol. The zero-order valence-electron chi connectivity index (χ0n) is 10.9. The third-order valence-corrected chi connectivity index (χ3v) is 3.73. The van der Waals surface area contributed by atoms with Gasteiger partial charge in [0.15, 0.2) is 0 Å². The van der Waals surface area contributed by atoms with Gasteiger partial charge in [-0.05, 0) is 23.8 Å². The predicted molar refractivity (Wildman–Crippen MR) is 87.3 cm³/mol. The van der Waals surface area contributed by atoms with Gasteiger partial charge < -0.3 is 5.73 Å². The van der Waals surface area contributed by atoms with E-state index in [1.54, 1.807) is 11.3 Å². The summed E-state index contributed by atoms with van der Waals surface area (Å²) in [6.07, 6.45) is 4.05. The van der Waals surface area contributed by atoms with Crippen molar-refractivity contribution in [1.82, 2.24) is 4.98 Å². The lowest BCUT2D eigenvalue weighted by molar-refractivity contribution is 1.38. The van der Waals surface area contributed by atoms with Gasteiger partial charge in [0.2, 0.25) is 0 Å². The second kappa shape index (κ2) is 5.72. The molecule has 0 unspecified atom stereocenters. The topological polar surface area (TPSA) is 38.9 Å². The van der Waals surface area contributed by atoms with Crippen LogP contribution in [0.1, 0.15) is 10.6 Å². The second-order valence-electron chi connectivity index (χ2n) is 4.44. The minimum Gasteiger partial charge on any atom is -0.399 e. The van der Waals surface area contributed by atoms with Crippen molar-refractivity contribution < 1.29 is 0 Å². The molecule has 0 bridgehead atoms. The highest BCUT2D eigenvalue weighted by Crippen LogP contribution is 2.22. The van der Waals surface area contributed by atoms with Gasteiger partial charge >= 0.3 is 0 Å². The van der Waals surface area contributed by atoms with Gasteiger partial charge in [0, 0.05) is 16.6 Å². The van der Waals surface area contributed by atoms with Gasteiger partial charge in [0.25, 0.3) is 0 Å². The first kappa shape index (κ1) is 12.6. The van der Waals surface area contributed by atoms with Gasteiger partial charge in [-0.25, -0.2) is 4.98 Å². The van der Waals surface area contributed by atoms with Crippen molar-refractivity contribution >= 4 is 29.2 Å². The molecule has 2 N–H and O–H groups in total. The largest absolute Gasteiger partial charge is 0.399 e. The van der Waals surface area contributed by atoms with Gasteiger partial charge in [-0.3, -0.25) is 0 Å². The molecule has 2 nitrogen and oxygen atoms in total. The SMILES string of the molecule is Nc1cccc(C=Cc2nc(-c3ccccc3)cs2)c1. The zero-order valence-corrected chi connectivity index (χ0v) is 11.7. The summed E-state index contributed by atoms with van der Waals surface area (Å²) in [5, 5.41) is 3.07. The molecule has 0 radical (unpaired) electrons. The van der Waals surface area contributed by atoms with Crippen molar-refractivity contribution in [1.29, 1.82) is 0 Å². The molecular formula is C17H14N2S. The highest BCUT2D eigenvalue weighted by molar-refractivity contribution is 7.10. The Hall–Kier alpha value is -2.39. The fourth-order valence-electron chi connectivity index (χ4n) is 1.94. The summed E-state index contributed by atoms with van der Waals surface area (Å²) in [7, 11) is 0. The molecule has 0 saturated carbocycles. The lowest BCUT2D eigenvalue weighted by atomic mass is 10.2. The average molecular weight is 278 g/mol. The van der Waals surface area contributed by atoms with Crippen molar-refractivity contribution in [3.8, 4) is 11.3 Å². The summed E-state index contributed by atoms with van der Waals surface area (Å²) in [4.78, 5) is 4.62. The maximum absolute atomic E-state index is 5.76. The van der Waals surface area contributed by atoms with Crippen LogP contribution in [0.2, 0.25) is 0 Å². The van der Waals surface area contributed by atoms with E-state index in [4.69, 9.17) is 5.73 Å². The number of nitrogens with two attached hydrogens (primary N) is 1. The maximum Gasteiger partial charge on any atom is 0.116 e. The summed E-state index contributed by atoms with van der Waals surface area (Å²) >= 11 is 1.64. The van der Waals surface area contributed by atoms with E-state index in [2.05, 4.69) is 22.5 Å². The van der Waals surface area contributed by atoms with Crippen LogP contribution in [0, 0.1) is 0 Å². The van der Waals surface area contributed by atoms with Gasteiger partial charge in [-0.15, -0.1) is 11.3 Å². The Bertz CT molecular complexity index is 730. The molecule has 20 heavy (non-hydrogen) atoms. The summed E-state index contributed by atoms with van der Waals surface area (Å²) in [6, 6.07) is 18.0. The van der Waals surface area contributed by atoms with Gasteiger partial charge in [0.1, 0.15) is 5.01 Å². The van der Waals surface area contributed by atoms with E-state index in [9.17, 15) is 0 Å². The van der Waals surface area contributed by atoms with E-state index in [-0.39, 0.29) is 0 Å². The molecule has 3 heteroatoms. The van der Waals surface area contributed by atoms with E-state index in [1.165, 1.54) is 0 Å². The molecule has 3 rings (SSSR count). The van der Waals surface area contributed by atoms with Crippen molar-refractivity contribution in [2.24, 2.45) is 0 Å². The fourth-order valence-corrected chi connectivity index (χ4v) is 2.65. The van der Waals surface area contributed by atoms with Gasteiger partial charge in [0.05, 0.1) is 5.69 Å². The Kier molecular flexibility index (Phi) is 3.61. The van der Waals surface area contributed by atoms with E-state index >= 15 is 0 Å². The number of rotatable bonds is 3. The third-order valence-electron chi connectivity index (χ3n) is 2.92. The van der Waals surface area contributed by atoms with Crippen molar-refractivity contribution in [2.75, 3.05) is 5.73 Å². The molecule has 98 valence electrons. The smallest absolute Gasteiger partial charge is 0.116 e. The van der Waals surface area contributed by atoms with E-state index in [0.29, 0.717) is 0 Å². The number of hydrogen-bond acceptors (Lipinski definition) is 3. The van der Waals surface area contributed by atoms with Crippen molar-refractivity contribution in [2.45, 2.75) is 0 Å². The molecule has 0 amide bonds. The molecule has 0 aliphatic carbocycles. The Labute approximate surface area is 122 Å². The number of nitrogens with zero attached hydrogens (tertiary/aromatic N) is 1. The minimum absolute atomic E-state index is 0.774. The Morgan fingerprint density at radius 1 is 0.950 bits per heavy atom. The first-order chi connectivity index (χ1) is 9.81. The first-order valence-corrected chi connectivity index (χ1v) is 7.24. The van der Waals surface area contributed by atoms with E-state index in [0.717, 1.165) is 27.5 Å². The number of anilines is 1. The summed E-state index contributed by atoms with van der Waals surface area (Å²) in [5.41, 5.74) is 9.78. The maximum atomic E-state index is 5.76. The van der Waals surface area contributed by atoms with Crippen LogP contribution in [0.5, 0.6) is 0 Å². The van der Waals surface area contributed by atoms with Gasteiger partial charge in [-0.2, -0.15) is 0 Å². The van der Waals surface area contributed by atoms with E-state index < -0.39 is 0 Å². The molecule has 0 saturated heterocycles. The number of hydrogen-bond donors (Lipinski definition) is 1. The number of aromatic nitrogens is 1. The first-order valence-electron chi connectivity index (χ1n) is 6.36. The molecule has 3 aromatic rings. The van der Waals surface area contributed by atoms with Crippen molar-refractivity contribution in [3.63, 3.8) is 0 Å². The molecule has 1 aromatic heterocycles. The molecular weight excluding hydrogens is 264 g/mol. The highest BCUT2D eigenvalue weighted by Gasteiger charge is 2.01. The van der Waals surface area contributed by atoms with Gasteiger partial charge in [-0.1, -0.05) is 48.5 Å². The number of benzene rings is 2. The lowest BCUT2D eigenvalue weighted by Crippen LogP contribution is -1.83. The number of thiazole rings is 1. The lowest BCUT2D eigenvalue weighted by Gasteiger charge is -1.95. The van der Waals surface area contributed by atoms with Crippen molar-refractivity contribution in [3.05, 3.63) is 70.5 Å². The van der Waals surface area contributed by atoms with Crippen LogP contribution in [0.4, 0.5) is 5.69 Å².